The zero-order valence-electron chi connectivity index (χ0n) is 13.0. The standard InChI is InChI=1S/C16H12Cl2N4O3S/c17-10-1-4-12(5-2-10)26(24,25)22-14-6-3-11(18)9-13(14)16(23)20-15-7-8-19-21-15/h1-9,22H,(H2,19,20,21,23). The summed E-state index contributed by atoms with van der Waals surface area (Å²) in [5.74, 6) is -0.188. The monoisotopic (exact) mass is 410 g/mol. The van der Waals surface area contributed by atoms with Crippen molar-refractivity contribution in [1.29, 1.82) is 0 Å². The number of aromatic amines is 1. The first-order valence-corrected chi connectivity index (χ1v) is 9.48. The van der Waals surface area contributed by atoms with Crippen LogP contribution >= 0.6 is 23.2 Å². The van der Waals surface area contributed by atoms with Crippen molar-refractivity contribution in [2.45, 2.75) is 4.90 Å². The van der Waals surface area contributed by atoms with E-state index in [0.717, 1.165) is 0 Å². The van der Waals surface area contributed by atoms with E-state index < -0.39 is 15.9 Å². The molecule has 2 aromatic carbocycles. The Morgan fingerprint density at radius 1 is 1.00 bits per heavy atom. The molecule has 0 bridgehead atoms. The van der Waals surface area contributed by atoms with Crippen molar-refractivity contribution < 1.29 is 13.2 Å². The number of halogens is 2. The molecule has 26 heavy (non-hydrogen) atoms. The molecule has 3 N–H and O–H groups in total. The molecule has 0 fully saturated rings. The van der Waals surface area contributed by atoms with E-state index >= 15 is 0 Å². The number of nitrogens with zero attached hydrogens (tertiary/aromatic N) is 1. The maximum absolute atomic E-state index is 12.6. The number of amides is 1. The van der Waals surface area contributed by atoms with Gasteiger partial charge < -0.3 is 5.32 Å². The van der Waals surface area contributed by atoms with Gasteiger partial charge in [0.05, 0.1) is 22.3 Å². The van der Waals surface area contributed by atoms with Crippen LogP contribution in [0.25, 0.3) is 0 Å². The van der Waals surface area contributed by atoms with E-state index in [1.807, 2.05) is 0 Å². The second-order valence-electron chi connectivity index (χ2n) is 5.17. The Morgan fingerprint density at radius 2 is 1.69 bits per heavy atom. The molecule has 3 aromatic rings. The Bertz CT molecular complexity index is 1040. The average Bonchev–Trinajstić information content (AvgIpc) is 3.09. The van der Waals surface area contributed by atoms with Gasteiger partial charge in [-0.25, -0.2) is 8.42 Å². The summed E-state index contributed by atoms with van der Waals surface area (Å²) in [5.41, 5.74) is 0.144. The summed E-state index contributed by atoms with van der Waals surface area (Å²) in [6.07, 6.45) is 1.47. The van der Waals surface area contributed by atoms with Crippen molar-refractivity contribution in [3.05, 3.63) is 70.3 Å². The maximum atomic E-state index is 12.6. The van der Waals surface area contributed by atoms with Gasteiger partial charge in [0, 0.05) is 16.1 Å². The van der Waals surface area contributed by atoms with Crippen molar-refractivity contribution in [2.75, 3.05) is 10.0 Å². The third-order valence-corrected chi connectivity index (χ3v) is 5.21. The van der Waals surface area contributed by atoms with Crippen molar-refractivity contribution >= 4 is 50.6 Å². The molecule has 10 heteroatoms. The zero-order valence-corrected chi connectivity index (χ0v) is 15.4. The van der Waals surface area contributed by atoms with E-state index in [1.54, 1.807) is 6.07 Å². The molecule has 0 saturated heterocycles. The quantitative estimate of drug-likeness (QED) is 0.595. The Labute approximate surface area is 159 Å². The average molecular weight is 411 g/mol. The van der Waals surface area contributed by atoms with Crippen LogP contribution in [0.15, 0.2) is 59.6 Å². The lowest BCUT2D eigenvalue weighted by Gasteiger charge is -2.13. The van der Waals surface area contributed by atoms with Crippen LogP contribution in [0.4, 0.5) is 11.5 Å². The summed E-state index contributed by atoms with van der Waals surface area (Å²) >= 11 is 11.7. The predicted molar refractivity (Wildman–Crippen MR) is 100 cm³/mol. The van der Waals surface area contributed by atoms with Crippen LogP contribution in [0.1, 0.15) is 10.4 Å². The lowest BCUT2D eigenvalue weighted by molar-refractivity contribution is 0.102. The van der Waals surface area contributed by atoms with Gasteiger partial charge in [-0.2, -0.15) is 5.10 Å². The van der Waals surface area contributed by atoms with E-state index in [0.29, 0.717) is 10.8 Å². The molecule has 0 spiro atoms. The van der Waals surface area contributed by atoms with Gasteiger partial charge in [-0.3, -0.25) is 14.6 Å². The molecular weight excluding hydrogens is 399 g/mol. The highest BCUT2D eigenvalue weighted by Crippen LogP contribution is 2.25. The van der Waals surface area contributed by atoms with Crippen LogP contribution in [-0.4, -0.2) is 24.5 Å². The molecule has 1 heterocycles. The van der Waals surface area contributed by atoms with Gasteiger partial charge in [-0.1, -0.05) is 23.2 Å². The van der Waals surface area contributed by atoms with E-state index in [2.05, 4.69) is 20.2 Å². The molecule has 0 aliphatic rings. The molecule has 0 aliphatic heterocycles. The van der Waals surface area contributed by atoms with Crippen LogP contribution in [0.2, 0.25) is 10.0 Å². The minimum atomic E-state index is -3.91. The first kappa shape index (κ1) is 18.2. The summed E-state index contributed by atoms with van der Waals surface area (Å²) in [6, 6.07) is 11.5. The number of benzene rings is 2. The smallest absolute Gasteiger partial charge is 0.261 e. The zero-order chi connectivity index (χ0) is 18.7. The molecule has 134 valence electrons. The molecule has 7 nitrogen and oxygen atoms in total. The van der Waals surface area contributed by atoms with Gasteiger partial charge in [0.2, 0.25) is 0 Å². The number of carbonyl (C=O) groups excluding carboxylic acids is 1. The SMILES string of the molecule is O=C(Nc1ccn[nH]1)c1cc(Cl)ccc1NS(=O)(=O)c1ccc(Cl)cc1. The van der Waals surface area contributed by atoms with E-state index in [4.69, 9.17) is 23.2 Å². The van der Waals surface area contributed by atoms with Crippen LogP contribution in [-0.2, 0) is 10.0 Å². The fourth-order valence-corrected chi connectivity index (χ4v) is 3.50. The molecule has 0 radical (unpaired) electrons. The maximum Gasteiger partial charge on any atom is 0.261 e. The van der Waals surface area contributed by atoms with Gasteiger partial charge in [-0.05, 0) is 42.5 Å². The Balaban J connectivity index is 1.92. The molecular formula is C16H12Cl2N4O3S. The summed E-state index contributed by atoms with van der Waals surface area (Å²) in [7, 11) is -3.91. The Morgan fingerprint density at radius 3 is 2.35 bits per heavy atom. The highest BCUT2D eigenvalue weighted by atomic mass is 35.5. The van der Waals surface area contributed by atoms with Gasteiger partial charge in [0.25, 0.3) is 15.9 Å². The van der Waals surface area contributed by atoms with Gasteiger partial charge in [-0.15, -0.1) is 0 Å². The number of rotatable bonds is 5. The van der Waals surface area contributed by atoms with Crippen molar-refractivity contribution in [3.8, 4) is 0 Å². The van der Waals surface area contributed by atoms with Crippen molar-refractivity contribution in [2.24, 2.45) is 0 Å². The van der Waals surface area contributed by atoms with Gasteiger partial charge in [0.15, 0.2) is 0 Å². The Hall–Kier alpha value is -2.55. The summed E-state index contributed by atoms with van der Waals surface area (Å²) in [5, 5.41) is 9.58. The number of carbonyl (C=O) groups is 1. The first-order valence-electron chi connectivity index (χ1n) is 7.24. The van der Waals surface area contributed by atoms with Crippen LogP contribution in [0.5, 0.6) is 0 Å². The number of sulfonamides is 1. The molecule has 3 rings (SSSR count). The first-order chi connectivity index (χ1) is 12.3. The molecule has 0 aliphatic carbocycles. The highest BCUT2D eigenvalue weighted by molar-refractivity contribution is 7.92. The number of anilines is 2. The largest absolute Gasteiger partial charge is 0.307 e. The Kier molecular flexibility index (Phi) is 5.17. The van der Waals surface area contributed by atoms with E-state index in [-0.39, 0.29) is 21.2 Å². The highest BCUT2D eigenvalue weighted by Gasteiger charge is 2.19. The fourth-order valence-electron chi connectivity index (χ4n) is 2.13. The summed E-state index contributed by atoms with van der Waals surface area (Å²) < 4.78 is 27.5. The minimum Gasteiger partial charge on any atom is -0.307 e. The fraction of sp³-hybridized carbons (Fsp3) is 0. The van der Waals surface area contributed by atoms with Gasteiger partial charge in [0.1, 0.15) is 5.82 Å². The topological polar surface area (TPSA) is 104 Å². The normalized spacial score (nSPS) is 11.2. The van der Waals surface area contributed by atoms with Gasteiger partial charge >= 0.3 is 0 Å². The molecule has 0 saturated carbocycles. The van der Waals surface area contributed by atoms with Crippen LogP contribution in [0, 0.1) is 0 Å². The molecule has 0 unspecified atom stereocenters. The second-order valence-corrected chi connectivity index (χ2v) is 7.73. The third kappa shape index (κ3) is 4.16. The third-order valence-electron chi connectivity index (χ3n) is 3.34. The predicted octanol–water partition coefficient (Wildman–Crippen LogP) is 3.77. The van der Waals surface area contributed by atoms with Crippen LogP contribution in [0.3, 0.4) is 0 Å². The lowest BCUT2D eigenvalue weighted by atomic mass is 10.1. The number of hydrogen-bond acceptors (Lipinski definition) is 4. The van der Waals surface area contributed by atoms with Crippen molar-refractivity contribution in [1.82, 2.24) is 10.2 Å². The van der Waals surface area contributed by atoms with E-state index in [1.165, 1.54) is 48.7 Å². The lowest BCUT2D eigenvalue weighted by Crippen LogP contribution is -2.18. The number of aromatic nitrogens is 2. The summed E-state index contributed by atoms with van der Waals surface area (Å²) in [4.78, 5) is 12.5. The molecule has 1 amide bonds. The number of nitrogens with one attached hydrogen (secondary N) is 3. The second kappa shape index (κ2) is 7.36. The number of hydrogen-bond donors (Lipinski definition) is 3. The van der Waals surface area contributed by atoms with Crippen molar-refractivity contribution in [3.63, 3.8) is 0 Å². The van der Waals surface area contributed by atoms with Crippen LogP contribution < -0.4 is 10.0 Å². The summed E-state index contributed by atoms with van der Waals surface area (Å²) in [6.45, 7) is 0. The van der Waals surface area contributed by atoms with E-state index in [9.17, 15) is 13.2 Å². The molecule has 0 atom stereocenters. The molecule has 1 aromatic heterocycles. The minimum absolute atomic E-state index is 0.0109. The number of H-pyrrole nitrogens is 1.